The van der Waals surface area contributed by atoms with Crippen LogP contribution in [0.1, 0.15) is 12.0 Å². The van der Waals surface area contributed by atoms with Gasteiger partial charge in [-0.15, -0.1) is 0 Å². The summed E-state index contributed by atoms with van der Waals surface area (Å²) in [6, 6.07) is 9.44. The fourth-order valence-corrected chi connectivity index (χ4v) is 2.35. The van der Waals surface area contributed by atoms with Crippen LogP contribution in [-0.2, 0) is 0 Å². The molecule has 1 atom stereocenters. The Morgan fingerprint density at radius 1 is 1.36 bits per heavy atom. The minimum atomic E-state index is 0.650. The van der Waals surface area contributed by atoms with Crippen LogP contribution < -0.4 is 8.43 Å². The van der Waals surface area contributed by atoms with Gasteiger partial charge in [0.15, 0.2) is 0 Å². The molecule has 1 aliphatic rings. The lowest BCUT2D eigenvalue weighted by Gasteiger charge is -2.18. The number of rotatable bonds is 2. The van der Waals surface area contributed by atoms with E-state index in [0.29, 0.717) is 6.04 Å². The Bertz CT molecular complexity index is 297. The predicted octanol–water partition coefficient (Wildman–Crippen LogP) is 2.51. The van der Waals surface area contributed by atoms with Crippen molar-refractivity contribution in [3.05, 3.63) is 29.8 Å². The highest BCUT2D eigenvalue weighted by Crippen LogP contribution is 2.20. The normalized spacial score (nSPS) is 21.6. The number of anilines is 1. The SMILES string of the molecule is Cc1ccc(N2CC[C@@H](NI)C2)cc1. The molecule has 0 spiro atoms. The minimum Gasteiger partial charge on any atom is -0.370 e. The van der Waals surface area contributed by atoms with Crippen LogP contribution in [0.2, 0.25) is 0 Å². The van der Waals surface area contributed by atoms with E-state index in [4.69, 9.17) is 0 Å². The third-order valence-electron chi connectivity index (χ3n) is 2.74. The quantitative estimate of drug-likeness (QED) is 0.667. The molecule has 1 N–H and O–H groups in total. The molecule has 0 radical (unpaired) electrons. The van der Waals surface area contributed by atoms with Crippen molar-refractivity contribution in [2.45, 2.75) is 19.4 Å². The zero-order valence-electron chi connectivity index (χ0n) is 8.33. The number of benzene rings is 1. The first-order chi connectivity index (χ1) is 6.79. The summed E-state index contributed by atoms with van der Waals surface area (Å²) in [5, 5.41) is 0. The maximum absolute atomic E-state index is 3.30. The van der Waals surface area contributed by atoms with Gasteiger partial charge in [-0.1, -0.05) is 17.7 Å². The second kappa shape index (κ2) is 4.49. The molecule has 0 bridgehead atoms. The maximum atomic E-state index is 3.30. The van der Waals surface area contributed by atoms with Gasteiger partial charge in [0, 0.05) is 47.7 Å². The van der Waals surface area contributed by atoms with Gasteiger partial charge >= 0.3 is 0 Å². The number of hydrogen-bond donors (Lipinski definition) is 1. The summed E-state index contributed by atoms with van der Waals surface area (Å²) in [4.78, 5) is 2.44. The fourth-order valence-electron chi connectivity index (χ4n) is 1.84. The zero-order valence-corrected chi connectivity index (χ0v) is 10.5. The minimum absolute atomic E-state index is 0.650. The maximum Gasteiger partial charge on any atom is 0.0366 e. The molecule has 14 heavy (non-hydrogen) atoms. The van der Waals surface area contributed by atoms with E-state index in [-0.39, 0.29) is 0 Å². The molecule has 1 saturated heterocycles. The third-order valence-corrected chi connectivity index (χ3v) is 3.62. The van der Waals surface area contributed by atoms with E-state index < -0.39 is 0 Å². The van der Waals surface area contributed by atoms with Crippen molar-refractivity contribution in [3.63, 3.8) is 0 Å². The van der Waals surface area contributed by atoms with Crippen molar-refractivity contribution in [2.24, 2.45) is 0 Å². The molecule has 0 saturated carbocycles. The van der Waals surface area contributed by atoms with Gasteiger partial charge in [-0.2, -0.15) is 0 Å². The van der Waals surface area contributed by atoms with Crippen LogP contribution in [0.3, 0.4) is 0 Å². The smallest absolute Gasteiger partial charge is 0.0366 e. The van der Waals surface area contributed by atoms with Crippen molar-refractivity contribution in [1.82, 2.24) is 3.53 Å². The molecular formula is C11H15IN2. The van der Waals surface area contributed by atoms with Crippen molar-refractivity contribution in [3.8, 4) is 0 Å². The lowest BCUT2D eigenvalue weighted by molar-refractivity contribution is 0.720. The predicted molar refractivity (Wildman–Crippen MR) is 69.0 cm³/mol. The average molecular weight is 302 g/mol. The summed E-state index contributed by atoms with van der Waals surface area (Å²) in [6.07, 6.45) is 1.25. The molecule has 1 aromatic carbocycles. The van der Waals surface area contributed by atoms with Crippen LogP contribution in [0, 0.1) is 6.92 Å². The molecule has 0 amide bonds. The third kappa shape index (κ3) is 2.20. The van der Waals surface area contributed by atoms with Gasteiger partial charge in [0.05, 0.1) is 0 Å². The van der Waals surface area contributed by atoms with E-state index in [9.17, 15) is 0 Å². The summed E-state index contributed by atoms with van der Waals surface area (Å²) in [5.41, 5.74) is 2.68. The second-order valence-electron chi connectivity index (χ2n) is 3.88. The number of aryl methyl sites for hydroxylation is 1. The van der Waals surface area contributed by atoms with E-state index in [0.717, 1.165) is 6.54 Å². The largest absolute Gasteiger partial charge is 0.370 e. The Kier molecular flexibility index (Phi) is 3.28. The Labute approximate surface area is 99.2 Å². The summed E-state index contributed by atoms with van der Waals surface area (Å²) < 4.78 is 3.30. The Hall–Kier alpha value is -0.290. The van der Waals surface area contributed by atoms with Crippen molar-refractivity contribution >= 4 is 28.6 Å². The zero-order chi connectivity index (χ0) is 9.97. The molecule has 0 aliphatic carbocycles. The number of halogens is 1. The summed E-state index contributed by atoms with van der Waals surface area (Å²) in [7, 11) is 0. The number of nitrogens with zero attached hydrogens (tertiary/aromatic N) is 1. The highest BCUT2D eigenvalue weighted by molar-refractivity contribution is 14.1. The highest BCUT2D eigenvalue weighted by Gasteiger charge is 2.21. The van der Waals surface area contributed by atoms with Gasteiger partial charge in [0.1, 0.15) is 0 Å². The van der Waals surface area contributed by atoms with Crippen LogP contribution in [0.4, 0.5) is 5.69 Å². The average Bonchev–Trinajstić information content (AvgIpc) is 2.67. The van der Waals surface area contributed by atoms with Crippen LogP contribution in [0.5, 0.6) is 0 Å². The molecule has 1 heterocycles. The van der Waals surface area contributed by atoms with E-state index in [1.165, 1.54) is 24.2 Å². The molecular weight excluding hydrogens is 287 g/mol. The molecule has 1 fully saturated rings. The van der Waals surface area contributed by atoms with Crippen LogP contribution in [0.15, 0.2) is 24.3 Å². The summed E-state index contributed by atoms with van der Waals surface area (Å²) in [5.74, 6) is 0. The Morgan fingerprint density at radius 3 is 2.64 bits per heavy atom. The molecule has 2 rings (SSSR count). The lowest BCUT2D eigenvalue weighted by atomic mass is 10.2. The van der Waals surface area contributed by atoms with Crippen LogP contribution >= 0.6 is 22.9 Å². The summed E-state index contributed by atoms with van der Waals surface area (Å²) >= 11 is 2.25. The highest BCUT2D eigenvalue weighted by atomic mass is 127. The van der Waals surface area contributed by atoms with Crippen molar-refractivity contribution in [1.29, 1.82) is 0 Å². The Balaban J connectivity index is 2.06. The van der Waals surface area contributed by atoms with E-state index in [1.807, 2.05) is 0 Å². The first kappa shape index (κ1) is 10.2. The monoisotopic (exact) mass is 302 g/mol. The molecule has 1 aromatic rings. The van der Waals surface area contributed by atoms with Crippen LogP contribution in [0.25, 0.3) is 0 Å². The van der Waals surface area contributed by atoms with E-state index >= 15 is 0 Å². The van der Waals surface area contributed by atoms with Gasteiger partial charge in [-0.05, 0) is 25.5 Å². The van der Waals surface area contributed by atoms with Gasteiger partial charge in [-0.25, -0.2) is 0 Å². The molecule has 1 aliphatic heterocycles. The lowest BCUT2D eigenvalue weighted by Crippen LogP contribution is -2.26. The van der Waals surface area contributed by atoms with Gasteiger partial charge in [0.25, 0.3) is 0 Å². The standard InChI is InChI=1S/C11H15IN2/c1-9-2-4-11(5-3-9)14-7-6-10(8-14)13-12/h2-5,10,13H,6-8H2,1H3/t10-/m1/s1. The first-order valence-corrected chi connectivity index (χ1v) is 6.05. The first-order valence-electron chi connectivity index (χ1n) is 4.97. The molecule has 0 unspecified atom stereocenters. The van der Waals surface area contributed by atoms with Crippen molar-refractivity contribution in [2.75, 3.05) is 18.0 Å². The van der Waals surface area contributed by atoms with Crippen LogP contribution in [-0.4, -0.2) is 19.1 Å². The van der Waals surface area contributed by atoms with E-state index in [1.54, 1.807) is 0 Å². The molecule has 2 nitrogen and oxygen atoms in total. The van der Waals surface area contributed by atoms with Crippen molar-refractivity contribution < 1.29 is 0 Å². The van der Waals surface area contributed by atoms with E-state index in [2.05, 4.69) is 62.5 Å². The molecule has 3 heteroatoms. The number of hydrogen-bond acceptors (Lipinski definition) is 2. The van der Waals surface area contributed by atoms with Gasteiger partial charge in [0.2, 0.25) is 0 Å². The van der Waals surface area contributed by atoms with Gasteiger partial charge < -0.3 is 4.90 Å². The number of nitrogens with one attached hydrogen (secondary N) is 1. The fraction of sp³-hybridized carbons (Fsp3) is 0.455. The second-order valence-corrected chi connectivity index (χ2v) is 4.50. The summed E-state index contributed by atoms with van der Waals surface area (Å²) in [6.45, 7) is 4.43. The molecule has 76 valence electrons. The Morgan fingerprint density at radius 2 is 2.07 bits per heavy atom. The topological polar surface area (TPSA) is 15.3 Å². The van der Waals surface area contributed by atoms with Gasteiger partial charge in [-0.3, -0.25) is 3.53 Å². The molecule has 0 aromatic heterocycles.